The smallest absolute Gasteiger partial charge is 0.321 e. The predicted octanol–water partition coefficient (Wildman–Crippen LogP) is 3.55. The summed E-state index contributed by atoms with van der Waals surface area (Å²) in [5, 5.41) is 22.3. The van der Waals surface area contributed by atoms with Crippen LogP contribution in [0.4, 0.5) is 0 Å². The van der Waals surface area contributed by atoms with E-state index in [1.54, 1.807) is 83.8 Å². The molecule has 1 aliphatic rings. The summed E-state index contributed by atoms with van der Waals surface area (Å²) in [7, 11) is 2.36. The minimum Gasteiger partial charge on any atom is -0.480 e. The van der Waals surface area contributed by atoms with Gasteiger partial charge < -0.3 is 19.7 Å². The molecule has 6 atom stereocenters. The van der Waals surface area contributed by atoms with Crippen LogP contribution in [0.15, 0.2) is 91.0 Å². The number of methoxy groups -OCH3 is 2. The van der Waals surface area contributed by atoms with E-state index in [0.29, 0.717) is 16.7 Å². The largest absolute Gasteiger partial charge is 0.480 e. The molecule has 4 rings (SSSR count). The molecule has 1 aliphatic heterocycles. The van der Waals surface area contributed by atoms with E-state index in [1.807, 2.05) is 12.1 Å². The van der Waals surface area contributed by atoms with Crippen molar-refractivity contribution in [2.75, 3.05) is 14.2 Å². The lowest BCUT2D eigenvalue weighted by Gasteiger charge is -2.39. The van der Waals surface area contributed by atoms with Crippen LogP contribution in [0, 0.1) is 11.8 Å². The molecule has 1 fully saturated rings. The van der Waals surface area contributed by atoms with Crippen LogP contribution in [-0.2, 0) is 23.9 Å². The van der Waals surface area contributed by atoms with Gasteiger partial charge in [-0.2, -0.15) is 0 Å². The minimum atomic E-state index is -1.50. The topological polar surface area (TPSA) is 113 Å². The summed E-state index contributed by atoms with van der Waals surface area (Å²) in [6.07, 6.45) is -1.19. The van der Waals surface area contributed by atoms with Gasteiger partial charge in [0.15, 0.2) is 0 Å². The van der Waals surface area contributed by atoms with Gasteiger partial charge in [0, 0.05) is 0 Å². The van der Waals surface area contributed by atoms with Crippen molar-refractivity contribution in [3.05, 3.63) is 108 Å². The molecule has 1 saturated heterocycles. The molecule has 2 N–H and O–H groups in total. The van der Waals surface area contributed by atoms with Gasteiger partial charge in [-0.05, 0) is 16.7 Å². The maximum Gasteiger partial charge on any atom is 0.321 e. The monoisotopic (exact) mass is 503 g/mol. The van der Waals surface area contributed by atoms with Gasteiger partial charge in [0.05, 0.1) is 44.2 Å². The van der Waals surface area contributed by atoms with Crippen LogP contribution in [0.5, 0.6) is 0 Å². The van der Waals surface area contributed by atoms with E-state index in [9.17, 15) is 24.6 Å². The van der Waals surface area contributed by atoms with Gasteiger partial charge >= 0.3 is 17.9 Å². The molecule has 0 amide bonds. The molecule has 1 heterocycles. The Hall–Kier alpha value is -4.01. The Morgan fingerprint density at radius 1 is 0.730 bits per heavy atom. The van der Waals surface area contributed by atoms with Crippen molar-refractivity contribution in [3.63, 3.8) is 0 Å². The number of carboxylic acids is 1. The first kappa shape index (κ1) is 26.1. The predicted molar refractivity (Wildman–Crippen MR) is 134 cm³/mol. The molecular weight excluding hydrogens is 474 g/mol. The first-order valence-corrected chi connectivity index (χ1v) is 11.9. The van der Waals surface area contributed by atoms with E-state index in [4.69, 9.17) is 9.47 Å². The Morgan fingerprint density at radius 2 is 1.19 bits per heavy atom. The minimum absolute atomic E-state index is 0.559. The summed E-state index contributed by atoms with van der Waals surface area (Å²) in [5.41, 5.74) is 1.79. The third-order valence-electron chi connectivity index (χ3n) is 6.95. The highest BCUT2D eigenvalue weighted by Crippen LogP contribution is 2.52. The number of nitrogens with zero attached hydrogens (tertiary/aromatic N) is 1. The van der Waals surface area contributed by atoms with Gasteiger partial charge in [-0.15, -0.1) is 0 Å². The number of aliphatic carboxylic acids is 1. The molecule has 8 heteroatoms. The van der Waals surface area contributed by atoms with E-state index in [0.717, 1.165) is 7.11 Å². The Bertz CT molecular complexity index is 1220. The van der Waals surface area contributed by atoms with Crippen molar-refractivity contribution in [2.24, 2.45) is 11.8 Å². The highest BCUT2D eigenvalue weighted by atomic mass is 16.5. The van der Waals surface area contributed by atoms with Crippen LogP contribution >= 0.6 is 0 Å². The number of likely N-dealkylation sites (tertiary alicyclic amines) is 1. The van der Waals surface area contributed by atoms with Crippen molar-refractivity contribution in [1.82, 2.24) is 4.90 Å². The number of carbonyl (C=O) groups excluding carboxylic acids is 2. The van der Waals surface area contributed by atoms with Crippen LogP contribution in [0.25, 0.3) is 0 Å². The first-order valence-electron chi connectivity index (χ1n) is 11.9. The second kappa shape index (κ2) is 11.4. The third-order valence-corrected chi connectivity index (χ3v) is 6.95. The number of ether oxygens (including phenoxy) is 2. The number of rotatable bonds is 8. The van der Waals surface area contributed by atoms with Crippen molar-refractivity contribution >= 4 is 17.9 Å². The molecule has 0 aliphatic carbocycles. The molecule has 0 bridgehead atoms. The van der Waals surface area contributed by atoms with Crippen LogP contribution in [-0.4, -0.2) is 53.3 Å². The Balaban J connectivity index is 2.01. The number of benzene rings is 3. The number of aliphatic hydroxyl groups excluding tert-OH is 1. The lowest BCUT2D eigenvalue weighted by atomic mass is 9.84. The van der Waals surface area contributed by atoms with Crippen molar-refractivity contribution in [3.8, 4) is 0 Å². The van der Waals surface area contributed by atoms with Crippen LogP contribution in [0.1, 0.15) is 34.9 Å². The van der Waals surface area contributed by atoms with Gasteiger partial charge in [-0.25, -0.2) is 0 Å². The molecule has 0 unspecified atom stereocenters. The summed E-state index contributed by atoms with van der Waals surface area (Å²) in [6.45, 7) is 0. The standard InChI is InChI=1S/C29H29NO7/c1-36-28(34)21-22(29(35)37-2)25(27(32)33)30(23(21)18-12-6-3-7-13-18)24(19-14-8-4-9-15-19)26(31)20-16-10-5-11-17-20/h3-17,21-26,31H,1-2H3,(H,32,33)/t21-,22+,23-,24-,25-,26+/m0/s1. The first-order chi connectivity index (χ1) is 17.9. The summed E-state index contributed by atoms with van der Waals surface area (Å²) in [4.78, 5) is 40.8. The second-order valence-corrected chi connectivity index (χ2v) is 8.89. The highest BCUT2D eigenvalue weighted by molar-refractivity contribution is 5.90. The van der Waals surface area contributed by atoms with Crippen LogP contribution in [0.2, 0.25) is 0 Å². The SMILES string of the molecule is COC(=O)[C@@H]1[C@H](C(=O)OC)[C@H](c2ccccc2)N([C@@H](c2ccccc2)[C@H](O)c2ccccc2)[C@@H]1C(=O)O. The number of carboxylic acid groups (broad SMARTS) is 1. The molecule has 0 spiro atoms. The van der Waals surface area contributed by atoms with E-state index in [2.05, 4.69) is 0 Å². The maximum atomic E-state index is 13.2. The second-order valence-electron chi connectivity index (χ2n) is 8.89. The number of hydrogen-bond acceptors (Lipinski definition) is 7. The molecular formula is C29H29NO7. The van der Waals surface area contributed by atoms with Crippen LogP contribution in [0.3, 0.4) is 0 Å². The molecule has 0 aromatic heterocycles. The van der Waals surface area contributed by atoms with E-state index in [1.165, 1.54) is 7.11 Å². The third kappa shape index (κ3) is 4.98. The van der Waals surface area contributed by atoms with Crippen LogP contribution < -0.4 is 0 Å². The zero-order chi connectivity index (χ0) is 26.5. The molecule has 37 heavy (non-hydrogen) atoms. The van der Waals surface area contributed by atoms with E-state index < -0.39 is 54.0 Å². The summed E-state index contributed by atoms with van der Waals surface area (Å²) < 4.78 is 10.1. The average Bonchev–Trinajstić information content (AvgIpc) is 3.29. The maximum absolute atomic E-state index is 13.2. The molecule has 0 radical (unpaired) electrons. The van der Waals surface area contributed by atoms with Gasteiger partial charge in [0.25, 0.3) is 0 Å². The lowest BCUT2D eigenvalue weighted by Crippen LogP contribution is -2.46. The Morgan fingerprint density at radius 3 is 1.68 bits per heavy atom. The summed E-state index contributed by atoms with van der Waals surface area (Å²) in [5.74, 6) is -5.47. The Labute approximate surface area is 215 Å². The molecule has 192 valence electrons. The van der Waals surface area contributed by atoms with Gasteiger partial charge in [0.2, 0.25) is 0 Å². The zero-order valence-electron chi connectivity index (χ0n) is 20.5. The van der Waals surface area contributed by atoms with Gasteiger partial charge in [0.1, 0.15) is 6.04 Å². The lowest BCUT2D eigenvalue weighted by molar-refractivity contribution is -0.160. The van der Waals surface area contributed by atoms with Crippen molar-refractivity contribution < 1.29 is 34.1 Å². The fraction of sp³-hybridized carbons (Fsp3) is 0.276. The van der Waals surface area contributed by atoms with E-state index in [-0.39, 0.29) is 0 Å². The zero-order valence-corrected chi connectivity index (χ0v) is 20.5. The quantitative estimate of drug-likeness (QED) is 0.449. The Kier molecular flexibility index (Phi) is 8.01. The van der Waals surface area contributed by atoms with Gasteiger partial charge in [-0.1, -0.05) is 91.0 Å². The summed E-state index contributed by atoms with van der Waals surface area (Å²) >= 11 is 0. The molecule has 0 saturated carbocycles. The number of carbonyl (C=O) groups is 3. The van der Waals surface area contributed by atoms with E-state index >= 15 is 0 Å². The van der Waals surface area contributed by atoms with Gasteiger partial charge in [-0.3, -0.25) is 19.3 Å². The summed E-state index contributed by atoms with van der Waals surface area (Å²) in [6, 6.07) is 23.4. The normalized spacial score (nSPS) is 23.1. The molecule has 3 aromatic carbocycles. The number of esters is 2. The number of hydrogen-bond donors (Lipinski definition) is 2. The average molecular weight is 504 g/mol. The molecule has 8 nitrogen and oxygen atoms in total. The fourth-order valence-corrected chi connectivity index (χ4v) is 5.42. The fourth-order valence-electron chi connectivity index (χ4n) is 5.42. The van der Waals surface area contributed by atoms with Crippen molar-refractivity contribution in [1.29, 1.82) is 0 Å². The number of aliphatic hydroxyl groups is 1. The highest BCUT2D eigenvalue weighted by Gasteiger charge is 2.62. The van der Waals surface area contributed by atoms with Crippen molar-refractivity contribution in [2.45, 2.75) is 24.2 Å². The molecule has 3 aromatic rings.